The molecule has 96 valence electrons. The van der Waals surface area contributed by atoms with E-state index in [0.717, 1.165) is 31.5 Å². The SMILES string of the molecule is C=C(NOC(C)(C)CCCNC)C(C)CC. The molecule has 0 aliphatic heterocycles. The van der Waals surface area contributed by atoms with E-state index in [1.54, 1.807) is 0 Å². The Balaban J connectivity index is 3.84. The summed E-state index contributed by atoms with van der Waals surface area (Å²) in [5.41, 5.74) is 3.80. The fourth-order valence-corrected chi connectivity index (χ4v) is 1.29. The minimum atomic E-state index is -0.146. The van der Waals surface area contributed by atoms with Crippen LogP contribution in [0.15, 0.2) is 12.3 Å². The van der Waals surface area contributed by atoms with Crippen LogP contribution >= 0.6 is 0 Å². The van der Waals surface area contributed by atoms with E-state index in [1.165, 1.54) is 0 Å². The molecule has 1 unspecified atom stereocenters. The molecule has 0 fully saturated rings. The van der Waals surface area contributed by atoms with Crippen molar-refractivity contribution in [3.8, 4) is 0 Å². The summed E-state index contributed by atoms with van der Waals surface area (Å²) >= 11 is 0. The maximum Gasteiger partial charge on any atom is 0.0904 e. The van der Waals surface area contributed by atoms with Gasteiger partial charge in [0.1, 0.15) is 0 Å². The second-order valence-electron chi connectivity index (χ2n) is 5.01. The van der Waals surface area contributed by atoms with E-state index < -0.39 is 0 Å². The van der Waals surface area contributed by atoms with Crippen LogP contribution in [0.4, 0.5) is 0 Å². The average molecular weight is 228 g/mol. The highest BCUT2D eigenvalue weighted by Crippen LogP contribution is 2.17. The van der Waals surface area contributed by atoms with Gasteiger partial charge < -0.3 is 5.32 Å². The summed E-state index contributed by atoms with van der Waals surface area (Å²) in [6.07, 6.45) is 3.21. The Bertz CT molecular complexity index is 202. The van der Waals surface area contributed by atoms with Crippen molar-refractivity contribution in [2.45, 2.75) is 52.6 Å². The van der Waals surface area contributed by atoms with E-state index in [4.69, 9.17) is 4.84 Å². The Kier molecular flexibility index (Phi) is 7.43. The van der Waals surface area contributed by atoms with Gasteiger partial charge in [-0.3, -0.25) is 10.3 Å². The van der Waals surface area contributed by atoms with Crippen molar-refractivity contribution in [3.63, 3.8) is 0 Å². The molecule has 0 aromatic carbocycles. The lowest BCUT2D eigenvalue weighted by atomic mass is 10.0. The van der Waals surface area contributed by atoms with Gasteiger partial charge in [-0.2, -0.15) is 0 Å². The minimum Gasteiger partial charge on any atom is -0.320 e. The molecule has 0 spiro atoms. The second kappa shape index (κ2) is 7.69. The molecule has 2 N–H and O–H groups in total. The Hall–Kier alpha value is -0.540. The lowest BCUT2D eigenvalue weighted by Crippen LogP contribution is -2.33. The maximum atomic E-state index is 5.68. The molecule has 0 aliphatic carbocycles. The Labute approximate surface area is 101 Å². The molecule has 0 saturated heterocycles. The van der Waals surface area contributed by atoms with Crippen molar-refractivity contribution in [2.24, 2.45) is 5.92 Å². The first-order valence-corrected chi connectivity index (χ1v) is 6.20. The van der Waals surface area contributed by atoms with Gasteiger partial charge in [-0.25, -0.2) is 0 Å². The molecule has 0 heterocycles. The molecule has 0 amide bonds. The molecule has 0 bridgehead atoms. The first-order chi connectivity index (χ1) is 7.43. The van der Waals surface area contributed by atoms with Crippen molar-refractivity contribution >= 4 is 0 Å². The second-order valence-corrected chi connectivity index (χ2v) is 5.01. The number of nitrogens with one attached hydrogen (secondary N) is 2. The Morgan fingerprint density at radius 1 is 1.44 bits per heavy atom. The van der Waals surface area contributed by atoms with Crippen LogP contribution < -0.4 is 10.8 Å². The highest BCUT2D eigenvalue weighted by molar-refractivity contribution is 4.93. The van der Waals surface area contributed by atoms with Crippen molar-refractivity contribution in [3.05, 3.63) is 12.3 Å². The standard InChI is InChI=1S/C13H28N2O/c1-7-11(2)12(3)15-16-13(4,5)9-8-10-14-6/h11,14-15H,3,7-10H2,1-2,4-6H3. The predicted molar refractivity (Wildman–Crippen MR) is 70.1 cm³/mol. The quantitative estimate of drug-likeness (QED) is 0.470. The van der Waals surface area contributed by atoms with E-state index in [0.29, 0.717) is 5.92 Å². The van der Waals surface area contributed by atoms with Gasteiger partial charge in [0.05, 0.1) is 5.60 Å². The normalized spacial score (nSPS) is 13.6. The Morgan fingerprint density at radius 3 is 2.56 bits per heavy atom. The van der Waals surface area contributed by atoms with Crippen molar-refractivity contribution < 1.29 is 4.84 Å². The topological polar surface area (TPSA) is 33.3 Å². The molecule has 0 aromatic heterocycles. The summed E-state index contributed by atoms with van der Waals surface area (Å²) in [6, 6.07) is 0. The zero-order valence-corrected chi connectivity index (χ0v) is 11.5. The summed E-state index contributed by atoms with van der Waals surface area (Å²) in [6.45, 7) is 13.5. The zero-order chi connectivity index (χ0) is 12.6. The highest BCUT2D eigenvalue weighted by Gasteiger charge is 2.19. The lowest BCUT2D eigenvalue weighted by Gasteiger charge is -2.27. The highest BCUT2D eigenvalue weighted by atomic mass is 16.7. The van der Waals surface area contributed by atoms with Crippen LogP contribution in [0.2, 0.25) is 0 Å². The third kappa shape index (κ3) is 6.85. The molecule has 0 aliphatic rings. The van der Waals surface area contributed by atoms with Crippen LogP contribution in [0.25, 0.3) is 0 Å². The van der Waals surface area contributed by atoms with Crippen LogP contribution in [0.5, 0.6) is 0 Å². The Morgan fingerprint density at radius 2 is 2.06 bits per heavy atom. The van der Waals surface area contributed by atoms with E-state index in [2.05, 4.69) is 45.1 Å². The maximum absolute atomic E-state index is 5.68. The van der Waals surface area contributed by atoms with Crippen LogP contribution in [-0.2, 0) is 4.84 Å². The first kappa shape index (κ1) is 15.5. The third-order valence-electron chi connectivity index (χ3n) is 2.87. The molecular formula is C13H28N2O. The van der Waals surface area contributed by atoms with Gasteiger partial charge in [0.2, 0.25) is 0 Å². The van der Waals surface area contributed by atoms with Crippen molar-refractivity contribution in [1.82, 2.24) is 10.8 Å². The van der Waals surface area contributed by atoms with Gasteiger partial charge in [0.15, 0.2) is 0 Å². The molecule has 0 radical (unpaired) electrons. The molecule has 0 aromatic rings. The van der Waals surface area contributed by atoms with Crippen LogP contribution in [-0.4, -0.2) is 19.2 Å². The molecule has 3 nitrogen and oxygen atoms in total. The van der Waals surface area contributed by atoms with Gasteiger partial charge in [0.25, 0.3) is 0 Å². The number of hydrogen-bond acceptors (Lipinski definition) is 3. The van der Waals surface area contributed by atoms with E-state index in [9.17, 15) is 0 Å². The summed E-state index contributed by atoms with van der Waals surface area (Å²) in [4.78, 5) is 5.68. The first-order valence-electron chi connectivity index (χ1n) is 6.20. The molecular weight excluding hydrogens is 200 g/mol. The molecule has 1 atom stereocenters. The van der Waals surface area contributed by atoms with Gasteiger partial charge in [-0.15, -0.1) is 0 Å². The number of allylic oxidation sites excluding steroid dienone is 1. The van der Waals surface area contributed by atoms with Gasteiger partial charge in [-0.1, -0.05) is 20.4 Å². The molecule has 0 saturated carbocycles. The van der Waals surface area contributed by atoms with Crippen LogP contribution in [0, 0.1) is 5.92 Å². The molecule has 16 heavy (non-hydrogen) atoms. The third-order valence-corrected chi connectivity index (χ3v) is 2.87. The van der Waals surface area contributed by atoms with Crippen LogP contribution in [0.3, 0.4) is 0 Å². The fourth-order valence-electron chi connectivity index (χ4n) is 1.29. The molecule has 3 heteroatoms. The monoisotopic (exact) mass is 228 g/mol. The van der Waals surface area contributed by atoms with Crippen molar-refractivity contribution in [1.29, 1.82) is 0 Å². The largest absolute Gasteiger partial charge is 0.320 e. The number of hydroxylamine groups is 1. The lowest BCUT2D eigenvalue weighted by molar-refractivity contribution is -0.0788. The van der Waals surface area contributed by atoms with Gasteiger partial charge in [-0.05, 0) is 52.6 Å². The summed E-state index contributed by atoms with van der Waals surface area (Å²) < 4.78 is 0. The summed E-state index contributed by atoms with van der Waals surface area (Å²) in [5.74, 6) is 0.452. The minimum absolute atomic E-state index is 0.146. The van der Waals surface area contributed by atoms with E-state index >= 15 is 0 Å². The average Bonchev–Trinajstić information content (AvgIpc) is 2.25. The van der Waals surface area contributed by atoms with E-state index in [1.807, 2.05) is 7.05 Å². The van der Waals surface area contributed by atoms with E-state index in [-0.39, 0.29) is 5.60 Å². The van der Waals surface area contributed by atoms with Crippen LogP contribution in [0.1, 0.15) is 47.0 Å². The van der Waals surface area contributed by atoms with Crippen molar-refractivity contribution in [2.75, 3.05) is 13.6 Å². The smallest absolute Gasteiger partial charge is 0.0904 e. The zero-order valence-electron chi connectivity index (χ0n) is 11.5. The van der Waals surface area contributed by atoms with Gasteiger partial charge in [0, 0.05) is 5.70 Å². The number of rotatable bonds is 9. The summed E-state index contributed by atoms with van der Waals surface area (Å²) in [7, 11) is 1.97. The van der Waals surface area contributed by atoms with Gasteiger partial charge >= 0.3 is 0 Å². The fraction of sp³-hybridized carbons (Fsp3) is 0.846. The predicted octanol–water partition coefficient (Wildman–Crippen LogP) is 2.85. The summed E-state index contributed by atoms with van der Waals surface area (Å²) in [5, 5.41) is 3.14. The number of hydrogen-bond donors (Lipinski definition) is 2. The molecule has 0 rings (SSSR count).